The average molecular weight is 384 g/mol. The van der Waals surface area contributed by atoms with Gasteiger partial charge in [0.15, 0.2) is 6.04 Å². The largest absolute Gasteiger partial charge is 0.416 e. The molecular formula is C18H25F3N5O+. The molecule has 0 saturated carbocycles. The Bertz CT molecular complexity index is 776. The molecule has 1 aliphatic rings. The lowest BCUT2D eigenvalue weighted by molar-refractivity contribution is -0.932. The molecule has 1 saturated heterocycles. The number of benzene rings is 1. The monoisotopic (exact) mass is 384 g/mol. The number of likely N-dealkylation sites (tertiary alicyclic amines) is 1. The SMILES string of the molecule is CC(C)(C)n1nnnc1[C@H](c1cccc(C(F)(F)F)c1)[NH+]1CCC(O)CC1. The second-order valence-electron chi connectivity index (χ2n) is 8.07. The van der Waals surface area contributed by atoms with Crippen LogP contribution >= 0.6 is 0 Å². The molecule has 1 aliphatic heterocycles. The molecule has 1 atom stereocenters. The van der Waals surface area contributed by atoms with E-state index in [1.54, 1.807) is 10.7 Å². The quantitative estimate of drug-likeness (QED) is 0.843. The van der Waals surface area contributed by atoms with Gasteiger partial charge >= 0.3 is 6.18 Å². The number of hydrogen-bond donors (Lipinski definition) is 2. The summed E-state index contributed by atoms with van der Waals surface area (Å²) in [5.74, 6) is 0.535. The Hall–Kier alpha value is -2.00. The number of aliphatic hydroxyl groups excluding tert-OH is 1. The Kier molecular flexibility index (Phi) is 5.27. The van der Waals surface area contributed by atoms with E-state index in [9.17, 15) is 18.3 Å². The van der Waals surface area contributed by atoms with Crippen molar-refractivity contribution in [2.45, 2.75) is 57.5 Å². The molecule has 1 aromatic carbocycles. The molecule has 0 unspecified atom stereocenters. The van der Waals surface area contributed by atoms with Gasteiger partial charge < -0.3 is 10.0 Å². The predicted octanol–water partition coefficient (Wildman–Crippen LogP) is 1.58. The summed E-state index contributed by atoms with van der Waals surface area (Å²) in [6, 6.07) is 4.94. The molecule has 0 aliphatic carbocycles. The molecule has 148 valence electrons. The number of hydrogen-bond acceptors (Lipinski definition) is 4. The summed E-state index contributed by atoms with van der Waals surface area (Å²) in [7, 11) is 0. The third-order valence-electron chi connectivity index (χ3n) is 4.94. The number of halogens is 3. The van der Waals surface area contributed by atoms with E-state index >= 15 is 0 Å². The standard InChI is InChI=1S/C18H24F3N5O/c1-17(2,3)26-16(22-23-24-26)15(25-9-7-14(27)8-10-25)12-5-4-6-13(11-12)18(19,20)21/h4-6,11,14-15,27H,7-10H2,1-3H3/p+1/t15-/m0/s1. The lowest BCUT2D eigenvalue weighted by atomic mass is 9.97. The molecule has 2 N–H and O–H groups in total. The highest BCUT2D eigenvalue weighted by atomic mass is 19.4. The fourth-order valence-corrected chi connectivity index (χ4v) is 3.58. The molecule has 27 heavy (non-hydrogen) atoms. The Morgan fingerprint density at radius 1 is 1.19 bits per heavy atom. The molecule has 0 radical (unpaired) electrons. The van der Waals surface area contributed by atoms with E-state index in [0.717, 1.165) is 11.0 Å². The van der Waals surface area contributed by atoms with Gasteiger partial charge in [-0.05, 0) is 43.3 Å². The highest BCUT2D eigenvalue weighted by Crippen LogP contribution is 2.32. The van der Waals surface area contributed by atoms with Crippen LogP contribution in [-0.4, -0.2) is 44.5 Å². The Morgan fingerprint density at radius 2 is 1.85 bits per heavy atom. The number of quaternary nitrogens is 1. The minimum absolute atomic E-state index is 0.366. The van der Waals surface area contributed by atoms with Crippen molar-refractivity contribution in [1.29, 1.82) is 0 Å². The van der Waals surface area contributed by atoms with Crippen LogP contribution in [0.15, 0.2) is 24.3 Å². The van der Waals surface area contributed by atoms with Crippen molar-refractivity contribution in [3.05, 3.63) is 41.2 Å². The minimum atomic E-state index is -4.41. The van der Waals surface area contributed by atoms with Crippen molar-refractivity contribution in [2.24, 2.45) is 0 Å². The molecule has 1 fully saturated rings. The molecule has 2 heterocycles. The second-order valence-corrected chi connectivity index (χ2v) is 8.07. The van der Waals surface area contributed by atoms with Crippen molar-refractivity contribution in [2.75, 3.05) is 13.1 Å². The van der Waals surface area contributed by atoms with Crippen LogP contribution in [0.25, 0.3) is 0 Å². The van der Waals surface area contributed by atoms with Crippen LogP contribution in [0.2, 0.25) is 0 Å². The first kappa shape index (κ1) is 19.8. The summed E-state index contributed by atoms with van der Waals surface area (Å²) >= 11 is 0. The number of alkyl halides is 3. The smallest absolute Gasteiger partial charge is 0.393 e. The van der Waals surface area contributed by atoms with E-state index < -0.39 is 23.3 Å². The summed E-state index contributed by atoms with van der Waals surface area (Å²) in [5.41, 5.74) is -0.569. The summed E-state index contributed by atoms with van der Waals surface area (Å²) in [6.07, 6.45) is -3.58. The fourth-order valence-electron chi connectivity index (χ4n) is 3.58. The van der Waals surface area contributed by atoms with E-state index in [0.29, 0.717) is 37.3 Å². The van der Waals surface area contributed by atoms with Gasteiger partial charge in [-0.1, -0.05) is 12.1 Å². The van der Waals surface area contributed by atoms with Crippen molar-refractivity contribution in [1.82, 2.24) is 20.2 Å². The van der Waals surface area contributed by atoms with Crippen LogP contribution in [0.4, 0.5) is 13.2 Å². The molecule has 3 rings (SSSR count). The summed E-state index contributed by atoms with van der Waals surface area (Å²) < 4.78 is 41.4. The number of tetrazole rings is 1. The van der Waals surface area contributed by atoms with Crippen molar-refractivity contribution in [3.8, 4) is 0 Å². The normalized spacial score (nSPS) is 22.6. The molecule has 0 bridgehead atoms. The van der Waals surface area contributed by atoms with E-state index in [1.807, 2.05) is 20.8 Å². The van der Waals surface area contributed by atoms with Gasteiger partial charge in [-0.15, -0.1) is 5.10 Å². The molecule has 9 heteroatoms. The van der Waals surface area contributed by atoms with Crippen LogP contribution in [0.1, 0.15) is 56.6 Å². The van der Waals surface area contributed by atoms with Crippen molar-refractivity contribution < 1.29 is 23.2 Å². The Morgan fingerprint density at radius 3 is 2.44 bits per heavy atom. The van der Waals surface area contributed by atoms with Crippen LogP contribution in [-0.2, 0) is 11.7 Å². The first-order chi connectivity index (χ1) is 12.6. The maximum Gasteiger partial charge on any atom is 0.416 e. The van der Waals surface area contributed by atoms with E-state index in [1.165, 1.54) is 12.1 Å². The molecule has 6 nitrogen and oxygen atoms in total. The number of aliphatic hydroxyl groups is 1. The molecular weight excluding hydrogens is 359 g/mol. The van der Waals surface area contributed by atoms with Crippen molar-refractivity contribution >= 4 is 0 Å². The lowest BCUT2D eigenvalue weighted by Gasteiger charge is -2.34. The van der Waals surface area contributed by atoms with Crippen LogP contribution < -0.4 is 4.90 Å². The summed E-state index contributed by atoms with van der Waals surface area (Å²) in [5, 5.41) is 21.9. The zero-order valence-electron chi connectivity index (χ0n) is 15.7. The highest BCUT2D eigenvalue weighted by Gasteiger charge is 2.38. The number of rotatable bonds is 3. The topological polar surface area (TPSA) is 68.3 Å². The zero-order chi connectivity index (χ0) is 19.8. The van der Waals surface area contributed by atoms with Gasteiger partial charge in [-0.25, -0.2) is 4.68 Å². The fraction of sp³-hybridized carbons (Fsp3) is 0.611. The van der Waals surface area contributed by atoms with Gasteiger partial charge in [0.2, 0.25) is 5.82 Å². The molecule has 2 aromatic rings. The second kappa shape index (κ2) is 7.20. The van der Waals surface area contributed by atoms with Gasteiger partial charge in [-0.2, -0.15) is 13.2 Å². The van der Waals surface area contributed by atoms with Gasteiger partial charge in [0.25, 0.3) is 0 Å². The van der Waals surface area contributed by atoms with Gasteiger partial charge in [0.1, 0.15) is 0 Å². The van der Waals surface area contributed by atoms with Crippen LogP contribution in [0, 0.1) is 0 Å². The van der Waals surface area contributed by atoms with Gasteiger partial charge in [0.05, 0.1) is 30.3 Å². The Balaban J connectivity index is 2.08. The van der Waals surface area contributed by atoms with Crippen LogP contribution in [0.5, 0.6) is 0 Å². The number of nitrogens with zero attached hydrogens (tertiary/aromatic N) is 4. The van der Waals surface area contributed by atoms with E-state index in [4.69, 9.17) is 0 Å². The summed E-state index contributed by atoms with van der Waals surface area (Å²) in [4.78, 5) is 1.06. The number of aromatic nitrogens is 4. The van der Waals surface area contributed by atoms with Gasteiger partial charge in [-0.3, -0.25) is 0 Å². The third kappa shape index (κ3) is 4.30. The zero-order valence-corrected chi connectivity index (χ0v) is 15.7. The lowest BCUT2D eigenvalue weighted by Crippen LogP contribution is -3.13. The molecule has 0 amide bonds. The maximum absolute atomic E-state index is 13.3. The van der Waals surface area contributed by atoms with E-state index in [-0.39, 0.29) is 6.10 Å². The first-order valence-corrected chi connectivity index (χ1v) is 9.06. The van der Waals surface area contributed by atoms with E-state index in [2.05, 4.69) is 15.5 Å². The Labute approximate surface area is 156 Å². The average Bonchev–Trinajstić information content (AvgIpc) is 3.06. The number of piperidine rings is 1. The summed E-state index contributed by atoms with van der Waals surface area (Å²) in [6.45, 7) is 7.13. The maximum atomic E-state index is 13.3. The van der Waals surface area contributed by atoms with Crippen molar-refractivity contribution in [3.63, 3.8) is 0 Å². The predicted molar refractivity (Wildman–Crippen MR) is 92.0 cm³/mol. The number of nitrogens with one attached hydrogen (secondary N) is 1. The molecule has 1 aromatic heterocycles. The first-order valence-electron chi connectivity index (χ1n) is 9.06. The van der Waals surface area contributed by atoms with Crippen LogP contribution in [0.3, 0.4) is 0 Å². The molecule has 0 spiro atoms. The highest BCUT2D eigenvalue weighted by molar-refractivity contribution is 5.30. The minimum Gasteiger partial charge on any atom is -0.393 e. The third-order valence-corrected chi connectivity index (χ3v) is 4.94. The van der Waals surface area contributed by atoms with Gasteiger partial charge in [0, 0.05) is 18.4 Å².